The Morgan fingerprint density at radius 2 is 1.55 bits per heavy atom. The summed E-state index contributed by atoms with van der Waals surface area (Å²) >= 11 is 0. The van der Waals surface area contributed by atoms with E-state index < -0.39 is 17.4 Å². The van der Waals surface area contributed by atoms with Crippen molar-refractivity contribution in [3.8, 4) is 5.75 Å². The molecule has 2 N–H and O–H groups in total. The van der Waals surface area contributed by atoms with Gasteiger partial charge in [-0.1, -0.05) is 87.5 Å². The van der Waals surface area contributed by atoms with E-state index in [0.717, 1.165) is 16.8 Å². The number of hydrogen-bond donors (Lipinski definition) is 2. The normalized spacial score (nSPS) is 11.8. The lowest BCUT2D eigenvalue weighted by Crippen LogP contribution is -2.40. The second kappa shape index (κ2) is 14.5. The Labute approximate surface area is 259 Å². The highest BCUT2D eigenvalue weighted by Gasteiger charge is 2.28. The third-order valence-corrected chi connectivity index (χ3v) is 7.19. The number of nitrogens with zero attached hydrogens (tertiary/aromatic N) is 1. The fourth-order valence-electron chi connectivity index (χ4n) is 4.86. The van der Waals surface area contributed by atoms with E-state index in [1.807, 2.05) is 87.2 Å². The number of nitrogens with one attached hydrogen (secondary N) is 1. The minimum atomic E-state index is -1.02. The van der Waals surface area contributed by atoms with Crippen LogP contribution in [0.2, 0.25) is 0 Å². The fraction of sp³-hybridized carbons (Fsp3) is 0.270. The van der Waals surface area contributed by atoms with Gasteiger partial charge >= 0.3 is 5.97 Å². The first-order valence-electron chi connectivity index (χ1n) is 14.8. The molecule has 7 nitrogen and oxygen atoms in total. The van der Waals surface area contributed by atoms with Gasteiger partial charge in [0.1, 0.15) is 11.8 Å². The molecular formula is C37H40N2O5. The van der Waals surface area contributed by atoms with Gasteiger partial charge in [0.25, 0.3) is 0 Å². The van der Waals surface area contributed by atoms with Crippen molar-refractivity contribution in [3.63, 3.8) is 0 Å². The highest BCUT2D eigenvalue weighted by atomic mass is 16.5. The Morgan fingerprint density at radius 3 is 2.20 bits per heavy atom. The Morgan fingerprint density at radius 1 is 0.864 bits per heavy atom. The summed E-state index contributed by atoms with van der Waals surface area (Å²) in [6.07, 6.45) is 0.855. The number of ketones is 1. The summed E-state index contributed by atoms with van der Waals surface area (Å²) in [5.41, 5.74) is 3.69. The highest BCUT2D eigenvalue weighted by molar-refractivity contribution is 6.12. The second-order valence-electron chi connectivity index (χ2n) is 11.9. The Bertz CT molecular complexity index is 1580. The van der Waals surface area contributed by atoms with Crippen LogP contribution in [0.3, 0.4) is 0 Å². The van der Waals surface area contributed by atoms with E-state index in [2.05, 4.69) is 5.32 Å². The molecule has 4 rings (SSSR count). The van der Waals surface area contributed by atoms with Crippen molar-refractivity contribution in [1.82, 2.24) is 0 Å². The molecule has 0 aromatic heterocycles. The Kier molecular flexibility index (Phi) is 10.6. The molecule has 4 aromatic rings. The molecule has 44 heavy (non-hydrogen) atoms. The van der Waals surface area contributed by atoms with E-state index in [0.29, 0.717) is 42.1 Å². The number of amides is 1. The predicted molar refractivity (Wildman–Crippen MR) is 175 cm³/mol. The van der Waals surface area contributed by atoms with Gasteiger partial charge in [-0.05, 0) is 60.9 Å². The maximum atomic E-state index is 13.2. The van der Waals surface area contributed by atoms with Crippen molar-refractivity contribution < 1.29 is 24.2 Å². The van der Waals surface area contributed by atoms with Gasteiger partial charge < -0.3 is 20.1 Å². The molecule has 1 unspecified atom stereocenters. The molecule has 0 aliphatic rings. The molecule has 0 aliphatic carbocycles. The summed E-state index contributed by atoms with van der Waals surface area (Å²) < 4.78 is 5.96. The van der Waals surface area contributed by atoms with Gasteiger partial charge in [0, 0.05) is 40.9 Å². The maximum absolute atomic E-state index is 13.2. The molecule has 0 radical (unpaired) electrons. The van der Waals surface area contributed by atoms with Crippen LogP contribution in [0, 0.1) is 12.3 Å². The average Bonchev–Trinajstić information content (AvgIpc) is 3.01. The zero-order valence-electron chi connectivity index (χ0n) is 25.7. The maximum Gasteiger partial charge on any atom is 0.326 e. The number of benzene rings is 4. The Hall–Kier alpha value is -4.91. The number of rotatable bonds is 13. The molecule has 0 saturated heterocycles. The van der Waals surface area contributed by atoms with Crippen molar-refractivity contribution in [3.05, 3.63) is 125 Å². The molecule has 1 amide bonds. The van der Waals surface area contributed by atoms with Crippen LogP contribution in [0.5, 0.6) is 5.75 Å². The van der Waals surface area contributed by atoms with Crippen LogP contribution in [0.1, 0.15) is 54.2 Å². The number of carbonyl (C=O) groups excluding carboxylic acids is 2. The molecule has 0 bridgehead atoms. The van der Waals surface area contributed by atoms with Gasteiger partial charge in [0.2, 0.25) is 5.91 Å². The number of ether oxygens (including phenoxy) is 1. The fourth-order valence-corrected chi connectivity index (χ4v) is 4.86. The number of aliphatic carboxylic acids is 1. The molecule has 4 aromatic carbocycles. The molecule has 0 aliphatic heterocycles. The molecular weight excluding hydrogens is 552 g/mol. The average molecular weight is 593 g/mol. The lowest BCUT2D eigenvalue weighted by molar-refractivity contribution is -0.137. The summed E-state index contributed by atoms with van der Waals surface area (Å²) in [5.74, 6) is -0.475. The summed E-state index contributed by atoms with van der Waals surface area (Å²) in [6, 6.07) is 30.2. The number of carboxylic acid groups (broad SMARTS) is 1. The van der Waals surface area contributed by atoms with Gasteiger partial charge in [-0.2, -0.15) is 0 Å². The van der Waals surface area contributed by atoms with Crippen LogP contribution < -0.4 is 15.0 Å². The zero-order chi connectivity index (χ0) is 31.7. The van der Waals surface area contributed by atoms with Crippen molar-refractivity contribution in [2.75, 3.05) is 23.4 Å². The third kappa shape index (κ3) is 8.57. The first kappa shape index (κ1) is 32.0. The van der Waals surface area contributed by atoms with Crippen LogP contribution in [-0.2, 0) is 16.0 Å². The number of para-hydroxylation sites is 1. The van der Waals surface area contributed by atoms with Gasteiger partial charge in [0.05, 0.1) is 6.61 Å². The minimum absolute atomic E-state index is 0.0566. The highest BCUT2D eigenvalue weighted by Crippen LogP contribution is 2.25. The van der Waals surface area contributed by atoms with E-state index >= 15 is 0 Å². The molecule has 0 spiro atoms. The van der Waals surface area contributed by atoms with Crippen LogP contribution in [-0.4, -0.2) is 42.0 Å². The minimum Gasteiger partial charge on any atom is -0.494 e. The van der Waals surface area contributed by atoms with Crippen LogP contribution >= 0.6 is 0 Å². The first-order valence-corrected chi connectivity index (χ1v) is 14.8. The number of anilines is 2. The third-order valence-electron chi connectivity index (χ3n) is 7.19. The van der Waals surface area contributed by atoms with Crippen LogP contribution in [0.15, 0.2) is 103 Å². The van der Waals surface area contributed by atoms with E-state index in [4.69, 9.17) is 4.74 Å². The molecule has 7 heteroatoms. The predicted octanol–water partition coefficient (Wildman–Crippen LogP) is 7.18. The summed E-state index contributed by atoms with van der Waals surface area (Å²) in [7, 11) is 0. The number of carboxylic acids is 1. The summed E-state index contributed by atoms with van der Waals surface area (Å²) in [5, 5.41) is 13.0. The van der Waals surface area contributed by atoms with E-state index in [-0.39, 0.29) is 18.1 Å². The smallest absolute Gasteiger partial charge is 0.326 e. The standard InChI is InChI=1S/C37H40N2O5/c1-26-12-10-15-29(24-26)39(36(43)37(2,3)4)22-11-23-44-30-20-18-27(19-21-30)25-33(35(41)42)38-32-17-9-8-16-31(32)34(40)28-13-6-5-7-14-28/h5-10,12-21,24,33,38H,11,22-23,25H2,1-4H3,(H,41,42). The molecule has 0 heterocycles. The molecule has 0 saturated carbocycles. The number of aryl methyl sites for hydroxylation is 1. The Balaban J connectivity index is 1.36. The zero-order valence-corrected chi connectivity index (χ0v) is 25.7. The monoisotopic (exact) mass is 592 g/mol. The summed E-state index contributed by atoms with van der Waals surface area (Å²) in [4.78, 5) is 40.3. The SMILES string of the molecule is Cc1cccc(N(CCCOc2ccc(CC(Nc3ccccc3C(=O)c3ccccc3)C(=O)O)cc2)C(=O)C(C)(C)C)c1. The lowest BCUT2D eigenvalue weighted by atomic mass is 9.94. The largest absolute Gasteiger partial charge is 0.494 e. The van der Waals surface area contributed by atoms with E-state index in [1.54, 1.807) is 48.5 Å². The van der Waals surface area contributed by atoms with Gasteiger partial charge in [-0.25, -0.2) is 4.79 Å². The van der Waals surface area contributed by atoms with Crippen molar-refractivity contribution in [2.24, 2.45) is 5.41 Å². The van der Waals surface area contributed by atoms with Crippen LogP contribution in [0.4, 0.5) is 11.4 Å². The van der Waals surface area contributed by atoms with Gasteiger partial charge in [0.15, 0.2) is 5.78 Å². The lowest BCUT2D eigenvalue weighted by Gasteiger charge is -2.30. The number of carbonyl (C=O) groups is 3. The van der Waals surface area contributed by atoms with Gasteiger partial charge in [-0.3, -0.25) is 9.59 Å². The van der Waals surface area contributed by atoms with Crippen molar-refractivity contribution in [1.29, 1.82) is 0 Å². The van der Waals surface area contributed by atoms with Crippen molar-refractivity contribution >= 4 is 29.0 Å². The van der Waals surface area contributed by atoms with E-state index in [9.17, 15) is 19.5 Å². The van der Waals surface area contributed by atoms with Crippen molar-refractivity contribution in [2.45, 2.75) is 46.6 Å². The van der Waals surface area contributed by atoms with Gasteiger partial charge in [-0.15, -0.1) is 0 Å². The quantitative estimate of drug-likeness (QED) is 0.126. The van der Waals surface area contributed by atoms with E-state index in [1.165, 1.54) is 0 Å². The number of hydrogen-bond acceptors (Lipinski definition) is 5. The van der Waals surface area contributed by atoms with Crippen LogP contribution in [0.25, 0.3) is 0 Å². The molecule has 0 fully saturated rings. The topological polar surface area (TPSA) is 95.9 Å². The first-order chi connectivity index (χ1) is 21.0. The summed E-state index contributed by atoms with van der Waals surface area (Å²) in [6.45, 7) is 8.72. The molecule has 228 valence electrons. The second-order valence-corrected chi connectivity index (χ2v) is 11.9. The molecule has 1 atom stereocenters.